The van der Waals surface area contributed by atoms with Gasteiger partial charge in [-0.25, -0.2) is 13.4 Å². The second-order valence-corrected chi connectivity index (χ2v) is 11.3. The summed E-state index contributed by atoms with van der Waals surface area (Å²) >= 11 is 1.47. The maximum Gasteiger partial charge on any atom is 0.260 e. The zero-order valence-corrected chi connectivity index (χ0v) is 21.0. The number of rotatable bonds is 6. The van der Waals surface area contributed by atoms with Gasteiger partial charge in [-0.15, -0.1) is 11.3 Å². The van der Waals surface area contributed by atoms with Gasteiger partial charge in [-0.2, -0.15) is 4.31 Å². The number of sulfonamides is 1. The fourth-order valence-corrected chi connectivity index (χ4v) is 6.32. The van der Waals surface area contributed by atoms with Crippen molar-refractivity contribution in [2.24, 2.45) is 0 Å². The van der Waals surface area contributed by atoms with Crippen molar-refractivity contribution in [3.8, 4) is 11.1 Å². The molecule has 1 fully saturated rings. The standard InChI is InChI=1S/C26H26N4O3S2/c1-19-7-9-21(10-8-19)22-18-34-26-24(22)25(31)27-23(28-26)17-29-12-14-30(15-13-29)35(32,33)16-11-20-5-3-2-4-6-20/h2-11,16,18H,12-15,17H2,1H3,(H,27,28,31)/b16-11+. The molecule has 180 valence electrons. The van der Waals surface area contributed by atoms with Gasteiger partial charge in [0.25, 0.3) is 5.56 Å². The number of thiophene rings is 1. The molecule has 3 heterocycles. The van der Waals surface area contributed by atoms with E-state index in [4.69, 9.17) is 4.98 Å². The van der Waals surface area contributed by atoms with Crippen LogP contribution in [0, 0.1) is 6.92 Å². The molecule has 2 aromatic heterocycles. The number of hydrogen-bond acceptors (Lipinski definition) is 6. The summed E-state index contributed by atoms with van der Waals surface area (Å²) in [7, 11) is -3.49. The van der Waals surface area contributed by atoms with Crippen molar-refractivity contribution >= 4 is 37.7 Å². The lowest BCUT2D eigenvalue weighted by atomic mass is 10.1. The Kier molecular flexibility index (Phi) is 6.66. The second kappa shape index (κ2) is 9.87. The predicted molar refractivity (Wildman–Crippen MR) is 142 cm³/mol. The van der Waals surface area contributed by atoms with E-state index in [0.717, 1.165) is 16.7 Å². The second-order valence-electron chi connectivity index (χ2n) is 8.64. The average molecular weight is 507 g/mol. The van der Waals surface area contributed by atoms with Crippen LogP contribution in [0.5, 0.6) is 0 Å². The first-order valence-electron chi connectivity index (χ1n) is 11.4. The van der Waals surface area contributed by atoms with Gasteiger partial charge in [0, 0.05) is 42.5 Å². The third-order valence-corrected chi connectivity index (χ3v) is 8.59. The van der Waals surface area contributed by atoms with Crippen LogP contribution in [0.1, 0.15) is 17.0 Å². The third-order valence-electron chi connectivity index (χ3n) is 6.15. The molecule has 35 heavy (non-hydrogen) atoms. The summed E-state index contributed by atoms with van der Waals surface area (Å²) in [5, 5.41) is 3.87. The minimum absolute atomic E-state index is 0.144. The van der Waals surface area contributed by atoms with Gasteiger partial charge in [0.2, 0.25) is 10.0 Å². The molecule has 0 amide bonds. The van der Waals surface area contributed by atoms with E-state index in [1.54, 1.807) is 6.08 Å². The van der Waals surface area contributed by atoms with Gasteiger partial charge in [0.15, 0.2) is 0 Å². The van der Waals surface area contributed by atoms with Crippen molar-refractivity contribution in [2.45, 2.75) is 13.5 Å². The van der Waals surface area contributed by atoms with Crippen molar-refractivity contribution < 1.29 is 8.42 Å². The molecule has 5 rings (SSSR count). The summed E-state index contributed by atoms with van der Waals surface area (Å²) in [5.41, 5.74) is 3.77. The molecule has 0 saturated carbocycles. The van der Waals surface area contributed by atoms with E-state index in [1.165, 1.54) is 26.6 Å². The Hall–Kier alpha value is -3.11. The first kappa shape index (κ1) is 23.6. The van der Waals surface area contributed by atoms with Crippen LogP contribution < -0.4 is 5.56 Å². The van der Waals surface area contributed by atoms with Crippen LogP contribution in [0.4, 0.5) is 0 Å². The molecule has 7 nitrogen and oxygen atoms in total. The monoisotopic (exact) mass is 506 g/mol. The van der Waals surface area contributed by atoms with Crippen LogP contribution >= 0.6 is 11.3 Å². The van der Waals surface area contributed by atoms with Crippen molar-refractivity contribution in [2.75, 3.05) is 26.2 Å². The molecule has 1 aliphatic rings. The highest BCUT2D eigenvalue weighted by molar-refractivity contribution is 7.92. The molecule has 9 heteroatoms. The van der Waals surface area contributed by atoms with Gasteiger partial charge in [-0.1, -0.05) is 60.2 Å². The largest absolute Gasteiger partial charge is 0.309 e. The lowest BCUT2D eigenvalue weighted by Gasteiger charge is -2.32. The summed E-state index contributed by atoms with van der Waals surface area (Å²) in [6.45, 7) is 4.43. The van der Waals surface area contributed by atoms with Crippen molar-refractivity contribution in [1.82, 2.24) is 19.2 Å². The van der Waals surface area contributed by atoms with E-state index in [2.05, 4.69) is 9.88 Å². The first-order chi connectivity index (χ1) is 16.9. The Morgan fingerprint density at radius 3 is 2.46 bits per heavy atom. The van der Waals surface area contributed by atoms with Gasteiger partial charge in [0.1, 0.15) is 10.7 Å². The molecule has 0 unspecified atom stereocenters. The molecule has 0 atom stereocenters. The number of nitrogens with zero attached hydrogens (tertiary/aromatic N) is 3. The molecule has 0 bridgehead atoms. The predicted octanol–water partition coefficient (Wildman–Crippen LogP) is 4.08. The van der Waals surface area contributed by atoms with Crippen LogP contribution in [0.3, 0.4) is 0 Å². The van der Waals surface area contributed by atoms with Crippen LogP contribution in [-0.4, -0.2) is 53.8 Å². The molecule has 0 radical (unpaired) electrons. The topological polar surface area (TPSA) is 86.4 Å². The maximum atomic E-state index is 12.9. The normalized spacial score (nSPS) is 15.8. The molecule has 0 spiro atoms. The minimum atomic E-state index is -3.49. The molecule has 1 saturated heterocycles. The number of aromatic nitrogens is 2. The molecule has 2 aromatic carbocycles. The lowest BCUT2D eigenvalue weighted by Crippen LogP contribution is -2.47. The minimum Gasteiger partial charge on any atom is -0.309 e. The zero-order valence-electron chi connectivity index (χ0n) is 19.3. The summed E-state index contributed by atoms with van der Waals surface area (Å²) < 4.78 is 26.9. The lowest BCUT2D eigenvalue weighted by molar-refractivity contribution is 0.179. The van der Waals surface area contributed by atoms with Gasteiger partial charge in [-0.3, -0.25) is 9.69 Å². The quantitative estimate of drug-likeness (QED) is 0.426. The molecule has 1 N–H and O–H groups in total. The number of fused-ring (bicyclic) bond motifs is 1. The summed E-state index contributed by atoms with van der Waals surface area (Å²) in [6, 6.07) is 17.5. The molecular formula is C26H26N4O3S2. The average Bonchev–Trinajstić information content (AvgIpc) is 3.29. The van der Waals surface area contributed by atoms with E-state index in [-0.39, 0.29) is 5.56 Å². The fourth-order valence-electron chi connectivity index (χ4n) is 4.18. The first-order valence-corrected chi connectivity index (χ1v) is 13.8. The number of aromatic amines is 1. The van der Waals surface area contributed by atoms with Crippen molar-refractivity contribution in [3.63, 3.8) is 0 Å². The molecule has 1 aliphatic heterocycles. The van der Waals surface area contributed by atoms with E-state index >= 15 is 0 Å². The number of hydrogen-bond donors (Lipinski definition) is 1. The van der Waals surface area contributed by atoms with Crippen LogP contribution in [-0.2, 0) is 16.6 Å². The zero-order chi connectivity index (χ0) is 24.4. The smallest absolute Gasteiger partial charge is 0.260 e. The Morgan fingerprint density at radius 1 is 1.03 bits per heavy atom. The summed E-state index contributed by atoms with van der Waals surface area (Å²) in [5.74, 6) is 0.597. The molecular weight excluding hydrogens is 480 g/mol. The number of nitrogens with one attached hydrogen (secondary N) is 1. The highest BCUT2D eigenvalue weighted by Gasteiger charge is 2.25. The highest BCUT2D eigenvalue weighted by atomic mass is 32.2. The number of aryl methyl sites for hydroxylation is 1. The van der Waals surface area contributed by atoms with E-state index < -0.39 is 10.0 Å². The van der Waals surface area contributed by atoms with Gasteiger partial charge in [-0.05, 0) is 24.1 Å². The van der Waals surface area contributed by atoms with Gasteiger partial charge < -0.3 is 4.98 Å². The third kappa shape index (κ3) is 5.28. The maximum absolute atomic E-state index is 12.9. The van der Waals surface area contributed by atoms with Crippen molar-refractivity contribution in [3.05, 3.63) is 92.7 Å². The van der Waals surface area contributed by atoms with Crippen LogP contribution in [0.15, 0.2) is 70.2 Å². The Bertz CT molecular complexity index is 1520. The Morgan fingerprint density at radius 2 is 1.74 bits per heavy atom. The number of H-pyrrole nitrogens is 1. The summed E-state index contributed by atoms with van der Waals surface area (Å²) in [4.78, 5) is 23.4. The van der Waals surface area contributed by atoms with Crippen molar-refractivity contribution in [1.29, 1.82) is 0 Å². The van der Waals surface area contributed by atoms with Crippen LogP contribution in [0.25, 0.3) is 27.4 Å². The highest BCUT2D eigenvalue weighted by Crippen LogP contribution is 2.31. The summed E-state index contributed by atoms with van der Waals surface area (Å²) in [6.07, 6.45) is 1.62. The van der Waals surface area contributed by atoms with Gasteiger partial charge in [0.05, 0.1) is 11.9 Å². The van der Waals surface area contributed by atoms with E-state index in [9.17, 15) is 13.2 Å². The van der Waals surface area contributed by atoms with Crippen LogP contribution in [0.2, 0.25) is 0 Å². The Balaban J connectivity index is 1.26. The molecule has 4 aromatic rings. The SMILES string of the molecule is Cc1ccc(-c2csc3nc(CN4CCN(S(=O)(=O)/C=C/c5ccccc5)CC4)[nH]c(=O)c23)cc1. The Labute approximate surface area is 208 Å². The fraction of sp³-hybridized carbons (Fsp3) is 0.231. The number of piperazine rings is 1. The number of benzene rings is 2. The van der Waals surface area contributed by atoms with Gasteiger partial charge >= 0.3 is 0 Å². The van der Waals surface area contributed by atoms with E-state index in [1.807, 2.05) is 66.9 Å². The molecule has 0 aliphatic carbocycles. The van der Waals surface area contributed by atoms with E-state index in [0.29, 0.717) is 48.8 Å².